The highest BCUT2D eigenvalue weighted by Gasteiger charge is 2.13. The predicted octanol–water partition coefficient (Wildman–Crippen LogP) is 4.59. The minimum absolute atomic E-state index is 0.191. The van der Waals surface area contributed by atoms with Crippen molar-refractivity contribution in [2.75, 3.05) is 12.4 Å². The first-order valence-corrected chi connectivity index (χ1v) is 9.86. The van der Waals surface area contributed by atoms with Gasteiger partial charge in [0.2, 0.25) is 0 Å². The molecule has 7 heteroatoms. The lowest BCUT2D eigenvalue weighted by Gasteiger charge is -2.04. The van der Waals surface area contributed by atoms with Crippen molar-refractivity contribution in [1.82, 2.24) is 14.4 Å². The summed E-state index contributed by atoms with van der Waals surface area (Å²) in [6, 6.07) is 11.3. The minimum Gasteiger partial charge on any atom is -0.497 e. The standard InChI is InChI=1S/C21H20N4O2S/c1-4-17-13(2)25-11-15(7-10-19(25)22-17)20(26)24-21-23-18(12-28-21)14-5-8-16(27-3)9-6-14/h5-12H,4H2,1-3H3,(H,23,24,26). The van der Waals surface area contributed by atoms with E-state index in [0.29, 0.717) is 10.7 Å². The Morgan fingerprint density at radius 2 is 1.96 bits per heavy atom. The van der Waals surface area contributed by atoms with Gasteiger partial charge < -0.3 is 9.14 Å². The number of fused-ring (bicyclic) bond motifs is 1. The second-order valence-electron chi connectivity index (χ2n) is 6.36. The summed E-state index contributed by atoms with van der Waals surface area (Å²) in [5.41, 5.74) is 5.31. The molecule has 0 spiro atoms. The topological polar surface area (TPSA) is 68.5 Å². The van der Waals surface area contributed by atoms with Crippen molar-refractivity contribution in [2.24, 2.45) is 0 Å². The maximum absolute atomic E-state index is 12.7. The molecule has 0 radical (unpaired) electrons. The highest BCUT2D eigenvalue weighted by Crippen LogP contribution is 2.27. The van der Waals surface area contributed by atoms with Crippen LogP contribution in [0.15, 0.2) is 48.0 Å². The first kappa shape index (κ1) is 18.2. The van der Waals surface area contributed by atoms with Gasteiger partial charge in [0.15, 0.2) is 5.13 Å². The van der Waals surface area contributed by atoms with Crippen LogP contribution >= 0.6 is 11.3 Å². The van der Waals surface area contributed by atoms with E-state index in [0.717, 1.165) is 40.5 Å². The van der Waals surface area contributed by atoms with Gasteiger partial charge in [0.05, 0.1) is 24.1 Å². The maximum Gasteiger partial charge on any atom is 0.258 e. The molecule has 0 bridgehead atoms. The first-order chi connectivity index (χ1) is 13.6. The molecule has 1 aromatic carbocycles. The number of thiazole rings is 1. The average molecular weight is 392 g/mol. The van der Waals surface area contributed by atoms with Crippen molar-refractivity contribution in [3.63, 3.8) is 0 Å². The molecule has 4 aromatic rings. The Kier molecular flexibility index (Phi) is 4.83. The number of carbonyl (C=O) groups is 1. The molecule has 4 rings (SSSR count). The molecule has 0 aliphatic rings. The quantitative estimate of drug-likeness (QED) is 0.539. The highest BCUT2D eigenvalue weighted by molar-refractivity contribution is 7.14. The number of imidazole rings is 1. The molecule has 142 valence electrons. The number of anilines is 1. The van der Waals surface area contributed by atoms with E-state index in [4.69, 9.17) is 4.74 Å². The fourth-order valence-electron chi connectivity index (χ4n) is 3.07. The zero-order valence-corrected chi connectivity index (χ0v) is 16.7. The highest BCUT2D eigenvalue weighted by atomic mass is 32.1. The van der Waals surface area contributed by atoms with E-state index in [9.17, 15) is 4.79 Å². The summed E-state index contributed by atoms with van der Waals surface area (Å²) < 4.78 is 7.13. The average Bonchev–Trinajstić information content (AvgIpc) is 3.32. The van der Waals surface area contributed by atoms with Crippen LogP contribution < -0.4 is 10.1 Å². The summed E-state index contributed by atoms with van der Waals surface area (Å²) in [7, 11) is 1.64. The first-order valence-electron chi connectivity index (χ1n) is 8.98. The molecule has 0 unspecified atom stereocenters. The van der Waals surface area contributed by atoms with Gasteiger partial charge in [-0.3, -0.25) is 10.1 Å². The van der Waals surface area contributed by atoms with E-state index in [1.54, 1.807) is 13.2 Å². The minimum atomic E-state index is -0.191. The monoisotopic (exact) mass is 392 g/mol. The van der Waals surface area contributed by atoms with Crippen molar-refractivity contribution in [3.05, 3.63) is 64.9 Å². The number of nitrogens with zero attached hydrogens (tertiary/aromatic N) is 3. The number of methoxy groups -OCH3 is 1. The Bertz CT molecular complexity index is 1150. The second kappa shape index (κ2) is 7.44. The number of ether oxygens (including phenoxy) is 1. The Balaban J connectivity index is 1.54. The van der Waals surface area contributed by atoms with Gasteiger partial charge in [-0.2, -0.15) is 0 Å². The van der Waals surface area contributed by atoms with Gasteiger partial charge >= 0.3 is 0 Å². The van der Waals surface area contributed by atoms with E-state index in [1.165, 1.54) is 11.3 Å². The number of amides is 1. The molecule has 1 amide bonds. The number of nitrogens with one attached hydrogen (secondary N) is 1. The third-order valence-corrected chi connectivity index (χ3v) is 5.42. The van der Waals surface area contributed by atoms with Crippen LogP contribution in [0.2, 0.25) is 0 Å². The molecule has 0 aliphatic heterocycles. The predicted molar refractivity (Wildman–Crippen MR) is 111 cm³/mol. The summed E-state index contributed by atoms with van der Waals surface area (Å²) >= 11 is 1.40. The summed E-state index contributed by atoms with van der Waals surface area (Å²) in [5, 5.41) is 5.37. The van der Waals surface area contributed by atoms with Gasteiger partial charge in [-0.25, -0.2) is 9.97 Å². The van der Waals surface area contributed by atoms with Gasteiger partial charge in [0.1, 0.15) is 11.4 Å². The van der Waals surface area contributed by atoms with Crippen molar-refractivity contribution in [1.29, 1.82) is 0 Å². The SMILES string of the molecule is CCc1nc2ccc(C(=O)Nc3nc(-c4ccc(OC)cc4)cs3)cn2c1C. The molecule has 28 heavy (non-hydrogen) atoms. The van der Waals surface area contributed by atoms with Gasteiger partial charge in [-0.15, -0.1) is 11.3 Å². The molecule has 3 heterocycles. The van der Waals surface area contributed by atoms with Crippen LogP contribution in [-0.4, -0.2) is 27.4 Å². The Hall–Kier alpha value is -3.19. The molecule has 0 fully saturated rings. The zero-order valence-electron chi connectivity index (χ0n) is 15.9. The molecular formula is C21H20N4O2S. The van der Waals surface area contributed by atoms with E-state index in [1.807, 2.05) is 53.2 Å². The largest absolute Gasteiger partial charge is 0.497 e. The van der Waals surface area contributed by atoms with Gasteiger partial charge in [-0.1, -0.05) is 6.92 Å². The maximum atomic E-state index is 12.7. The van der Waals surface area contributed by atoms with E-state index in [2.05, 4.69) is 22.2 Å². The Morgan fingerprint density at radius 1 is 1.18 bits per heavy atom. The number of carbonyl (C=O) groups excluding carboxylic acids is 1. The number of hydrogen-bond acceptors (Lipinski definition) is 5. The number of hydrogen-bond donors (Lipinski definition) is 1. The molecule has 0 saturated carbocycles. The summed E-state index contributed by atoms with van der Waals surface area (Å²) in [6.07, 6.45) is 2.69. The summed E-state index contributed by atoms with van der Waals surface area (Å²) in [5.74, 6) is 0.604. The molecule has 0 saturated heterocycles. The fraction of sp³-hybridized carbons (Fsp3) is 0.190. The van der Waals surface area contributed by atoms with Crippen LogP contribution in [0.3, 0.4) is 0 Å². The van der Waals surface area contributed by atoms with E-state index < -0.39 is 0 Å². The lowest BCUT2D eigenvalue weighted by atomic mass is 10.2. The lowest BCUT2D eigenvalue weighted by molar-refractivity contribution is 0.102. The van der Waals surface area contributed by atoms with Crippen LogP contribution in [0.25, 0.3) is 16.9 Å². The molecule has 6 nitrogen and oxygen atoms in total. The lowest BCUT2D eigenvalue weighted by Crippen LogP contribution is -2.12. The number of benzene rings is 1. The molecule has 3 aromatic heterocycles. The smallest absolute Gasteiger partial charge is 0.258 e. The van der Waals surface area contributed by atoms with E-state index >= 15 is 0 Å². The molecular weight excluding hydrogens is 372 g/mol. The van der Waals surface area contributed by atoms with Crippen molar-refractivity contribution >= 4 is 28.0 Å². The van der Waals surface area contributed by atoms with Crippen LogP contribution in [0.4, 0.5) is 5.13 Å². The van der Waals surface area contributed by atoms with Crippen LogP contribution in [0.1, 0.15) is 28.7 Å². The van der Waals surface area contributed by atoms with Crippen molar-refractivity contribution < 1.29 is 9.53 Å². The van der Waals surface area contributed by atoms with Gasteiger partial charge in [0.25, 0.3) is 5.91 Å². The Labute approximate surface area is 166 Å². The molecule has 0 aliphatic carbocycles. The van der Waals surface area contributed by atoms with Crippen LogP contribution in [0.5, 0.6) is 5.75 Å². The van der Waals surface area contributed by atoms with Crippen LogP contribution in [0, 0.1) is 6.92 Å². The fourth-order valence-corrected chi connectivity index (χ4v) is 3.79. The number of rotatable bonds is 5. The summed E-state index contributed by atoms with van der Waals surface area (Å²) in [4.78, 5) is 21.8. The van der Waals surface area contributed by atoms with Gasteiger partial charge in [0, 0.05) is 22.8 Å². The zero-order chi connectivity index (χ0) is 19.7. The second-order valence-corrected chi connectivity index (χ2v) is 7.22. The van der Waals surface area contributed by atoms with Gasteiger partial charge in [-0.05, 0) is 49.7 Å². The normalized spacial score (nSPS) is 11.0. The van der Waals surface area contributed by atoms with Crippen molar-refractivity contribution in [2.45, 2.75) is 20.3 Å². The summed E-state index contributed by atoms with van der Waals surface area (Å²) in [6.45, 7) is 4.09. The third-order valence-electron chi connectivity index (χ3n) is 4.66. The van der Waals surface area contributed by atoms with Crippen LogP contribution in [-0.2, 0) is 6.42 Å². The van der Waals surface area contributed by atoms with Crippen molar-refractivity contribution in [3.8, 4) is 17.0 Å². The molecule has 0 atom stereocenters. The van der Waals surface area contributed by atoms with E-state index in [-0.39, 0.29) is 5.91 Å². The molecule has 1 N–H and O–H groups in total. The Morgan fingerprint density at radius 3 is 2.68 bits per heavy atom. The number of aryl methyl sites for hydroxylation is 2. The number of pyridine rings is 1. The number of aromatic nitrogens is 3. The third kappa shape index (κ3) is 3.36.